The van der Waals surface area contributed by atoms with E-state index in [1.165, 1.54) is 11.1 Å². The molecule has 0 bridgehead atoms. The molecule has 2 aromatic rings. The van der Waals surface area contributed by atoms with Gasteiger partial charge in [-0.25, -0.2) is 0 Å². The highest BCUT2D eigenvalue weighted by Gasteiger charge is 2.04. The second kappa shape index (κ2) is 12.4. The molecule has 0 unspecified atom stereocenters. The minimum atomic E-state index is 0. The number of benzene rings is 2. The van der Waals surface area contributed by atoms with Crippen LogP contribution in [0.2, 0.25) is 0 Å². The molecule has 0 aromatic heterocycles. The Morgan fingerprint density at radius 2 is 1.23 bits per heavy atom. The topological polar surface area (TPSA) is 54.9 Å². The van der Waals surface area contributed by atoms with Crippen LogP contribution in [0, 0.1) is 0 Å². The van der Waals surface area contributed by atoms with Crippen LogP contribution < -0.4 is 20.1 Å². The van der Waals surface area contributed by atoms with Crippen LogP contribution in [0.25, 0.3) is 0 Å². The molecule has 0 radical (unpaired) electrons. The van der Waals surface area contributed by atoms with E-state index in [2.05, 4.69) is 27.8 Å². The molecule has 6 heteroatoms. The first kappa shape index (κ1) is 22.1. The molecule has 0 saturated carbocycles. The molecule has 2 N–H and O–H groups in total. The van der Waals surface area contributed by atoms with E-state index in [9.17, 15) is 0 Å². The molecule has 142 valence electrons. The number of nitrogens with zero attached hydrogens (tertiary/aromatic N) is 1. The molecule has 0 spiro atoms. The van der Waals surface area contributed by atoms with Crippen LogP contribution in [-0.4, -0.2) is 40.3 Å². The Labute approximate surface area is 173 Å². The van der Waals surface area contributed by atoms with Crippen LogP contribution in [0.5, 0.6) is 11.5 Å². The number of para-hydroxylation sites is 2. The largest absolute Gasteiger partial charge is 0.496 e. The van der Waals surface area contributed by atoms with E-state index in [4.69, 9.17) is 9.47 Å². The summed E-state index contributed by atoms with van der Waals surface area (Å²) in [6.45, 7) is 1.57. The van der Waals surface area contributed by atoms with Gasteiger partial charge in [0.25, 0.3) is 0 Å². The normalized spacial score (nSPS) is 9.65. The third-order valence-corrected chi connectivity index (χ3v) is 3.98. The molecule has 0 heterocycles. The summed E-state index contributed by atoms with van der Waals surface area (Å²) in [6, 6.07) is 16.1. The number of guanidine groups is 1. The van der Waals surface area contributed by atoms with Gasteiger partial charge in [-0.1, -0.05) is 36.4 Å². The highest BCUT2D eigenvalue weighted by Crippen LogP contribution is 2.18. The molecule has 0 atom stereocenters. The van der Waals surface area contributed by atoms with E-state index in [1.807, 2.05) is 36.4 Å². The Bertz CT molecular complexity index is 637. The summed E-state index contributed by atoms with van der Waals surface area (Å²) in [7, 11) is 5.18. The lowest BCUT2D eigenvalue weighted by Crippen LogP contribution is -2.39. The smallest absolute Gasteiger partial charge is 0.190 e. The van der Waals surface area contributed by atoms with E-state index in [-0.39, 0.29) is 24.0 Å². The molecule has 26 heavy (non-hydrogen) atoms. The van der Waals surface area contributed by atoms with Gasteiger partial charge >= 0.3 is 0 Å². The Kier molecular flexibility index (Phi) is 10.5. The predicted molar refractivity (Wildman–Crippen MR) is 118 cm³/mol. The first-order chi connectivity index (χ1) is 12.3. The summed E-state index contributed by atoms with van der Waals surface area (Å²) in [6.07, 6.45) is 1.74. The summed E-state index contributed by atoms with van der Waals surface area (Å²) < 4.78 is 10.8. The highest BCUT2D eigenvalue weighted by atomic mass is 127. The molecule has 0 aliphatic heterocycles. The third-order valence-electron chi connectivity index (χ3n) is 3.98. The van der Waals surface area contributed by atoms with Crippen molar-refractivity contribution in [1.29, 1.82) is 0 Å². The zero-order valence-corrected chi connectivity index (χ0v) is 17.9. The number of hydrogen-bond donors (Lipinski definition) is 2. The van der Waals surface area contributed by atoms with Crippen molar-refractivity contribution in [2.24, 2.45) is 4.99 Å². The van der Waals surface area contributed by atoms with E-state index < -0.39 is 0 Å². The molecule has 5 nitrogen and oxygen atoms in total. The quantitative estimate of drug-likeness (QED) is 0.354. The Morgan fingerprint density at radius 1 is 0.808 bits per heavy atom. The second-order valence-corrected chi connectivity index (χ2v) is 5.55. The number of nitrogens with one attached hydrogen (secondary N) is 2. The standard InChI is InChI=1S/C20H27N3O2.HI/c1-21-20(22-14-12-16-8-4-6-10-18(16)24-2)23-15-13-17-9-5-7-11-19(17)25-3;/h4-11H,12-15H2,1-3H3,(H2,21,22,23);1H. The average Bonchev–Trinajstić information content (AvgIpc) is 2.67. The van der Waals surface area contributed by atoms with E-state index in [0.717, 1.165) is 43.4 Å². The van der Waals surface area contributed by atoms with Crippen molar-refractivity contribution in [3.05, 3.63) is 59.7 Å². The minimum absolute atomic E-state index is 0. The number of aliphatic imine (C=N–C) groups is 1. The molecule has 0 amide bonds. The second-order valence-electron chi connectivity index (χ2n) is 5.55. The summed E-state index contributed by atoms with van der Waals surface area (Å²) in [5.74, 6) is 2.64. The molecule has 0 saturated heterocycles. The summed E-state index contributed by atoms with van der Waals surface area (Å²) in [5, 5.41) is 6.67. The number of halogens is 1. The van der Waals surface area contributed by atoms with Crippen molar-refractivity contribution in [2.75, 3.05) is 34.4 Å². The van der Waals surface area contributed by atoms with Gasteiger partial charge in [0.05, 0.1) is 14.2 Å². The van der Waals surface area contributed by atoms with Gasteiger partial charge in [0.1, 0.15) is 11.5 Å². The fraction of sp³-hybridized carbons (Fsp3) is 0.350. The van der Waals surface area contributed by atoms with Crippen LogP contribution >= 0.6 is 24.0 Å². The van der Waals surface area contributed by atoms with Crippen LogP contribution in [0.3, 0.4) is 0 Å². The maximum absolute atomic E-state index is 5.38. The van der Waals surface area contributed by atoms with Gasteiger partial charge in [-0.2, -0.15) is 0 Å². The molecule has 0 fully saturated rings. The zero-order valence-electron chi connectivity index (χ0n) is 15.6. The third kappa shape index (κ3) is 6.74. The van der Waals surface area contributed by atoms with E-state index in [1.54, 1.807) is 21.3 Å². The molecule has 2 aromatic carbocycles. The Morgan fingerprint density at radius 3 is 1.62 bits per heavy atom. The van der Waals surface area contributed by atoms with Gasteiger partial charge in [-0.05, 0) is 36.1 Å². The molecular formula is C20H28IN3O2. The number of ether oxygens (including phenoxy) is 2. The van der Waals surface area contributed by atoms with Gasteiger partial charge in [0.15, 0.2) is 5.96 Å². The van der Waals surface area contributed by atoms with Gasteiger partial charge in [-0.3, -0.25) is 4.99 Å². The summed E-state index contributed by atoms with van der Waals surface area (Å²) in [5.41, 5.74) is 2.36. The minimum Gasteiger partial charge on any atom is -0.496 e. The lowest BCUT2D eigenvalue weighted by Gasteiger charge is -2.14. The maximum atomic E-state index is 5.38. The van der Waals surface area contributed by atoms with Crippen molar-refractivity contribution in [2.45, 2.75) is 12.8 Å². The summed E-state index contributed by atoms with van der Waals surface area (Å²) in [4.78, 5) is 4.27. The molecule has 0 aliphatic rings. The van der Waals surface area contributed by atoms with E-state index >= 15 is 0 Å². The van der Waals surface area contributed by atoms with Crippen LogP contribution in [-0.2, 0) is 12.8 Å². The van der Waals surface area contributed by atoms with Crippen LogP contribution in [0.1, 0.15) is 11.1 Å². The SMILES string of the molecule is CN=C(NCCc1ccccc1OC)NCCc1ccccc1OC.I. The number of rotatable bonds is 8. The molecule has 0 aliphatic carbocycles. The number of methoxy groups -OCH3 is 2. The number of hydrogen-bond acceptors (Lipinski definition) is 3. The van der Waals surface area contributed by atoms with Crippen molar-refractivity contribution in [3.8, 4) is 11.5 Å². The predicted octanol–water partition coefficient (Wildman–Crippen LogP) is 3.27. The summed E-state index contributed by atoms with van der Waals surface area (Å²) >= 11 is 0. The monoisotopic (exact) mass is 469 g/mol. The van der Waals surface area contributed by atoms with Crippen LogP contribution in [0.15, 0.2) is 53.5 Å². The van der Waals surface area contributed by atoms with Gasteiger partial charge in [-0.15, -0.1) is 24.0 Å². The lowest BCUT2D eigenvalue weighted by molar-refractivity contribution is 0.409. The van der Waals surface area contributed by atoms with Gasteiger partial charge < -0.3 is 20.1 Å². The highest BCUT2D eigenvalue weighted by molar-refractivity contribution is 14.0. The average molecular weight is 469 g/mol. The maximum Gasteiger partial charge on any atom is 0.190 e. The van der Waals surface area contributed by atoms with E-state index in [0.29, 0.717) is 0 Å². The van der Waals surface area contributed by atoms with Crippen molar-refractivity contribution < 1.29 is 9.47 Å². The fourth-order valence-corrected chi connectivity index (χ4v) is 2.67. The Hall–Kier alpha value is -1.96. The van der Waals surface area contributed by atoms with Crippen molar-refractivity contribution in [1.82, 2.24) is 10.6 Å². The molecular weight excluding hydrogens is 441 g/mol. The lowest BCUT2D eigenvalue weighted by atomic mass is 10.1. The first-order valence-corrected chi connectivity index (χ1v) is 8.46. The van der Waals surface area contributed by atoms with Crippen molar-refractivity contribution >= 4 is 29.9 Å². The fourth-order valence-electron chi connectivity index (χ4n) is 2.67. The van der Waals surface area contributed by atoms with Gasteiger partial charge in [0, 0.05) is 20.1 Å². The van der Waals surface area contributed by atoms with Crippen LogP contribution in [0.4, 0.5) is 0 Å². The van der Waals surface area contributed by atoms with Crippen molar-refractivity contribution in [3.63, 3.8) is 0 Å². The molecule has 2 rings (SSSR count). The zero-order chi connectivity index (χ0) is 17.9. The first-order valence-electron chi connectivity index (χ1n) is 8.46. The Balaban J connectivity index is 0.00000338. The van der Waals surface area contributed by atoms with Gasteiger partial charge in [0.2, 0.25) is 0 Å².